The van der Waals surface area contributed by atoms with Crippen LogP contribution in [0.2, 0.25) is 0 Å². The van der Waals surface area contributed by atoms with E-state index in [1.807, 2.05) is 0 Å². The molecule has 0 saturated carbocycles. The maximum atomic E-state index is 11.9. The number of nitrogens with zero attached hydrogens (tertiary/aromatic N) is 1. The Bertz CT molecular complexity index is 569. The largest absolute Gasteiger partial charge is 0.506 e. The number of fused-ring (bicyclic) bond motifs is 1. The summed E-state index contributed by atoms with van der Waals surface area (Å²) < 4.78 is 1.44. The molecular weight excluding hydrogens is 190 g/mol. The van der Waals surface area contributed by atoms with Crippen LogP contribution in [0.25, 0.3) is 10.8 Å². The molecule has 0 aliphatic rings. The van der Waals surface area contributed by atoms with Crippen LogP contribution >= 0.6 is 0 Å². The van der Waals surface area contributed by atoms with Crippen molar-refractivity contribution < 1.29 is 5.11 Å². The lowest BCUT2D eigenvalue weighted by atomic mass is 10.1. The maximum absolute atomic E-state index is 11.9. The molecule has 3 heteroatoms. The first-order valence-electron chi connectivity index (χ1n) is 4.66. The van der Waals surface area contributed by atoms with E-state index in [4.69, 9.17) is 0 Å². The highest BCUT2D eigenvalue weighted by atomic mass is 16.3. The van der Waals surface area contributed by atoms with Gasteiger partial charge in [0.05, 0.1) is 5.39 Å². The molecule has 1 N–H and O–H groups in total. The zero-order valence-corrected chi connectivity index (χ0v) is 8.18. The van der Waals surface area contributed by atoms with E-state index in [0.29, 0.717) is 17.3 Å². The molecule has 1 heterocycles. The molecule has 0 radical (unpaired) electrons. The van der Waals surface area contributed by atoms with Gasteiger partial charge in [-0.05, 0) is 6.07 Å². The molecule has 0 aliphatic heterocycles. The first-order valence-corrected chi connectivity index (χ1v) is 4.66. The highest BCUT2D eigenvalue weighted by Gasteiger charge is 2.05. The first kappa shape index (κ1) is 9.52. The number of aromatic nitrogens is 1. The third kappa shape index (κ3) is 1.52. The quantitative estimate of drug-likeness (QED) is 0.754. The highest BCUT2D eigenvalue weighted by Crippen LogP contribution is 2.20. The normalized spacial score (nSPS) is 10.4. The van der Waals surface area contributed by atoms with Gasteiger partial charge in [0.1, 0.15) is 5.75 Å². The van der Waals surface area contributed by atoms with Crippen LogP contribution in [0.15, 0.2) is 47.9 Å². The number of pyridine rings is 1. The Hall–Kier alpha value is -2.03. The zero-order chi connectivity index (χ0) is 10.8. The number of aromatic hydroxyl groups is 1. The first-order chi connectivity index (χ1) is 7.24. The van der Waals surface area contributed by atoms with Crippen LogP contribution in [0.3, 0.4) is 0 Å². The van der Waals surface area contributed by atoms with Crippen LogP contribution in [0.4, 0.5) is 0 Å². The molecule has 0 atom stereocenters. The average Bonchev–Trinajstić information content (AvgIpc) is 2.26. The molecule has 3 nitrogen and oxygen atoms in total. The molecule has 1 aromatic carbocycles. The van der Waals surface area contributed by atoms with Crippen LogP contribution in [-0.2, 0) is 6.54 Å². The van der Waals surface area contributed by atoms with Gasteiger partial charge in [-0.25, -0.2) is 0 Å². The van der Waals surface area contributed by atoms with Gasteiger partial charge in [-0.2, -0.15) is 0 Å². The Morgan fingerprint density at radius 1 is 1.33 bits per heavy atom. The second-order valence-corrected chi connectivity index (χ2v) is 3.31. The number of allylic oxidation sites excluding steroid dienone is 1. The molecule has 0 amide bonds. The van der Waals surface area contributed by atoms with E-state index >= 15 is 0 Å². The van der Waals surface area contributed by atoms with Gasteiger partial charge >= 0.3 is 0 Å². The Kier molecular flexibility index (Phi) is 2.29. The third-order valence-corrected chi connectivity index (χ3v) is 2.30. The molecule has 0 fully saturated rings. The van der Waals surface area contributed by atoms with Gasteiger partial charge in [0.25, 0.3) is 5.56 Å². The van der Waals surface area contributed by atoms with Crippen molar-refractivity contribution in [3.63, 3.8) is 0 Å². The van der Waals surface area contributed by atoms with Crippen LogP contribution in [0, 0.1) is 0 Å². The van der Waals surface area contributed by atoms with E-state index in [-0.39, 0.29) is 11.3 Å². The minimum Gasteiger partial charge on any atom is -0.506 e. The number of rotatable bonds is 2. The summed E-state index contributed by atoms with van der Waals surface area (Å²) in [6.07, 6.45) is 3.06. The van der Waals surface area contributed by atoms with Crippen molar-refractivity contribution in [3.05, 3.63) is 53.5 Å². The minimum atomic E-state index is -0.108. The summed E-state index contributed by atoms with van der Waals surface area (Å²) in [5.74, 6) is 0.118. The van der Waals surface area contributed by atoms with E-state index in [9.17, 15) is 9.90 Å². The molecule has 1 aromatic heterocycles. The van der Waals surface area contributed by atoms with Crippen LogP contribution in [-0.4, -0.2) is 9.67 Å². The molecule has 0 spiro atoms. The van der Waals surface area contributed by atoms with E-state index in [0.717, 1.165) is 0 Å². The Morgan fingerprint density at radius 2 is 2.00 bits per heavy atom. The fourth-order valence-corrected chi connectivity index (χ4v) is 1.60. The van der Waals surface area contributed by atoms with Crippen molar-refractivity contribution in [2.75, 3.05) is 0 Å². The van der Waals surface area contributed by atoms with E-state index in [2.05, 4.69) is 6.58 Å². The van der Waals surface area contributed by atoms with Gasteiger partial charge < -0.3 is 9.67 Å². The Labute approximate surface area is 86.9 Å². The summed E-state index contributed by atoms with van der Waals surface area (Å²) >= 11 is 0. The number of hydrogen-bond donors (Lipinski definition) is 1. The van der Waals surface area contributed by atoms with E-state index in [1.165, 1.54) is 10.8 Å². The molecular formula is C12H11NO2. The average molecular weight is 201 g/mol. The summed E-state index contributed by atoms with van der Waals surface area (Å²) in [5.41, 5.74) is -0.108. The lowest BCUT2D eigenvalue weighted by Gasteiger charge is -2.06. The lowest BCUT2D eigenvalue weighted by molar-refractivity contribution is 0.473. The number of benzene rings is 1. The molecule has 2 aromatic rings. The topological polar surface area (TPSA) is 42.2 Å². The Morgan fingerprint density at radius 3 is 2.67 bits per heavy atom. The maximum Gasteiger partial charge on any atom is 0.258 e. The van der Waals surface area contributed by atoms with Crippen molar-refractivity contribution in [2.24, 2.45) is 0 Å². The van der Waals surface area contributed by atoms with Gasteiger partial charge in [0, 0.05) is 18.1 Å². The van der Waals surface area contributed by atoms with Gasteiger partial charge in [-0.1, -0.05) is 24.3 Å². The van der Waals surface area contributed by atoms with Gasteiger partial charge in [0.15, 0.2) is 0 Å². The van der Waals surface area contributed by atoms with Crippen LogP contribution in [0.1, 0.15) is 0 Å². The number of hydrogen-bond acceptors (Lipinski definition) is 2. The smallest absolute Gasteiger partial charge is 0.258 e. The second-order valence-electron chi connectivity index (χ2n) is 3.31. The van der Waals surface area contributed by atoms with Gasteiger partial charge in [-0.15, -0.1) is 6.58 Å². The molecule has 0 unspecified atom stereocenters. The molecule has 0 aliphatic carbocycles. The molecule has 0 saturated heterocycles. The minimum absolute atomic E-state index is 0.108. The molecule has 15 heavy (non-hydrogen) atoms. The standard InChI is InChI=1S/C12H11NO2/c1-2-7-13-8-11(14)9-5-3-4-6-10(9)12(13)15/h2-6,8,14H,1,7H2. The third-order valence-electron chi connectivity index (χ3n) is 2.30. The van der Waals surface area contributed by atoms with Crippen molar-refractivity contribution >= 4 is 10.8 Å². The van der Waals surface area contributed by atoms with Crippen molar-refractivity contribution in [3.8, 4) is 5.75 Å². The molecule has 76 valence electrons. The van der Waals surface area contributed by atoms with Crippen LogP contribution < -0.4 is 5.56 Å². The van der Waals surface area contributed by atoms with Crippen molar-refractivity contribution in [2.45, 2.75) is 6.54 Å². The highest BCUT2D eigenvalue weighted by molar-refractivity contribution is 5.86. The fraction of sp³-hybridized carbons (Fsp3) is 0.0833. The molecule has 2 rings (SSSR count). The predicted octanol–water partition coefficient (Wildman–Crippen LogP) is 1.89. The monoisotopic (exact) mass is 201 g/mol. The van der Waals surface area contributed by atoms with E-state index in [1.54, 1.807) is 30.3 Å². The summed E-state index contributed by atoms with van der Waals surface area (Å²) in [7, 11) is 0. The summed E-state index contributed by atoms with van der Waals surface area (Å²) in [6.45, 7) is 3.97. The van der Waals surface area contributed by atoms with E-state index < -0.39 is 0 Å². The fourth-order valence-electron chi connectivity index (χ4n) is 1.60. The predicted molar refractivity (Wildman–Crippen MR) is 60.1 cm³/mol. The van der Waals surface area contributed by atoms with Gasteiger partial charge in [-0.3, -0.25) is 4.79 Å². The van der Waals surface area contributed by atoms with Gasteiger partial charge in [0.2, 0.25) is 0 Å². The van der Waals surface area contributed by atoms with Crippen molar-refractivity contribution in [1.29, 1.82) is 0 Å². The SMILES string of the molecule is C=CCn1cc(O)c2ccccc2c1=O. The Balaban J connectivity index is 2.84. The summed E-state index contributed by atoms with van der Waals surface area (Å²) in [4.78, 5) is 11.9. The second kappa shape index (κ2) is 3.61. The summed E-state index contributed by atoms with van der Waals surface area (Å²) in [6, 6.07) is 7.00. The zero-order valence-electron chi connectivity index (χ0n) is 8.18. The summed E-state index contributed by atoms with van der Waals surface area (Å²) in [5, 5.41) is 10.8. The van der Waals surface area contributed by atoms with Crippen molar-refractivity contribution in [1.82, 2.24) is 4.57 Å². The molecule has 0 bridgehead atoms. The lowest BCUT2D eigenvalue weighted by Crippen LogP contribution is -2.18. The van der Waals surface area contributed by atoms with Crippen LogP contribution in [0.5, 0.6) is 5.75 Å².